The van der Waals surface area contributed by atoms with Gasteiger partial charge in [-0.2, -0.15) is 0 Å². The van der Waals surface area contributed by atoms with Crippen LogP contribution in [-0.2, 0) is 5.41 Å². The van der Waals surface area contributed by atoms with Gasteiger partial charge in [0.2, 0.25) is 0 Å². The van der Waals surface area contributed by atoms with Gasteiger partial charge in [-0.15, -0.1) is 6.58 Å². The Morgan fingerprint density at radius 2 is 1.80 bits per heavy atom. The minimum absolute atomic E-state index is 0.211. The highest BCUT2D eigenvalue weighted by Crippen LogP contribution is 2.27. The zero-order chi connectivity index (χ0) is 11.6. The molecule has 81 valence electrons. The average molecular weight is 201 g/mol. The maximum Gasteiger partial charge on any atom is 0.0230 e. The molecule has 0 aromatic heterocycles. The van der Waals surface area contributed by atoms with Crippen LogP contribution < -0.4 is 0 Å². The topological polar surface area (TPSA) is 0 Å². The molecule has 1 aromatic carbocycles. The van der Waals surface area contributed by atoms with E-state index in [-0.39, 0.29) is 5.41 Å². The first-order valence-electron chi connectivity index (χ1n) is 5.43. The van der Waals surface area contributed by atoms with Gasteiger partial charge in [0.05, 0.1) is 0 Å². The Morgan fingerprint density at radius 1 is 1.20 bits per heavy atom. The SMILES string of the molecule is C=C[C](C)c1cc(C)cc(C(C)(C)C)c1. The predicted octanol–water partition coefficient (Wildman–Crippen LogP) is 4.42. The molecule has 1 radical (unpaired) electrons. The largest absolute Gasteiger partial charge is 0.102 e. The Hall–Kier alpha value is -1.04. The summed E-state index contributed by atoms with van der Waals surface area (Å²) in [4.78, 5) is 0. The standard InChI is InChI=1S/C15H21/c1-7-12(3)13-8-11(2)9-14(10-13)15(4,5)6/h7-10H,1H2,2-6H3. The number of hydrogen-bond acceptors (Lipinski definition) is 0. The minimum atomic E-state index is 0.211. The molecule has 0 aliphatic carbocycles. The molecule has 0 bridgehead atoms. The van der Waals surface area contributed by atoms with Crippen molar-refractivity contribution >= 4 is 0 Å². The second-order valence-electron chi connectivity index (χ2n) is 5.22. The van der Waals surface area contributed by atoms with Crippen molar-refractivity contribution in [3.63, 3.8) is 0 Å². The Labute approximate surface area is 94.0 Å². The highest BCUT2D eigenvalue weighted by molar-refractivity contribution is 5.42. The third kappa shape index (κ3) is 2.95. The monoisotopic (exact) mass is 201 g/mol. The highest BCUT2D eigenvalue weighted by atomic mass is 14.2. The van der Waals surface area contributed by atoms with Crippen LogP contribution in [-0.4, -0.2) is 0 Å². The van der Waals surface area contributed by atoms with Crippen LogP contribution in [0.25, 0.3) is 0 Å². The maximum atomic E-state index is 3.82. The molecule has 0 N–H and O–H groups in total. The first kappa shape index (κ1) is 12.0. The van der Waals surface area contributed by atoms with Crippen molar-refractivity contribution in [3.05, 3.63) is 53.5 Å². The number of rotatable bonds is 2. The van der Waals surface area contributed by atoms with Crippen LogP contribution in [0, 0.1) is 12.8 Å². The molecule has 0 saturated heterocycles. The summed E-state index contributed by atoms with van der Waals surface area (Å²) in [6.07, 6.45) is 1.92. The first-order valence-corrected chi connectivity index (χ1v) is 5.43. The molecule has 0 amide bonds. The molecule has 0 fully saturated rings. The molecule has 0 unspecified atom stereocenters. The van der Waals surface area contributed by atoms with Crippen LogP contribution in [0.15, 0.2) is 30.9 Å². The van der Waals surface area contributed by atoms with Crippen LogP contribution in [0.1, 0.15) is 44.4 Å². The van der Waals surface area contributed by atoms with Gasteiger partial charge in [-0.05, 0) is 23.5 Å². The zero-order valence-corrected chi connectivity index (χ0v) is 10.5. The fraction of sp³-hybridized carbons (Fsp3) is 0.400. The molecule has 0 spiro atoms. The summed E-state index contributed by atoms with van der Waals surface area (Å²) in [5.74, 6) is 1.24. The molecule has 0 atom stereocenters. The molecular formula is C15H21. The second kappa shape index (κ2) is 4.22. The van der Waals surface area contributed by atoms with E-state index in [2.05, 4.69) is 59.4 Å². The van der Waals surface area contributed by atoms with Crippen molar-refractivity contribution in [2.45, 2.75) is 40.0 Å². The fourth-order valence-electron chi connectivity index (χ4n) is 1.56. The molecule has 0 nitrogen and oxygen atoms in total. The lowest BCUT2D eigenvalue weighted by molar-refractivity contribution is 0.589. The van der Waals surface area contributed by atoms with E-state index in [4.69, 9.17) is 0 Å². The number of aryl methyl sites for hydroxylation is 1. The number of allylic oxidation sites excluding steroid dienone is 1. The van der Waals surface area contributed by atoms with Gasteiger partial charge in [-0.3, -0.25) is 0 Å². The minimum Gasteiger partial charge on any atom is -0.102 e. The third-order valence-corrected chi connectivity index (χ3v) is 2.70. The molecule has 0 aliphatic heterocycles. The maximum absolute atomic E-state index is 3.82. The van der Waals surface area contributed by atoms with Gasteiger partial charge in [0.1, 0.15) is 0 Å². The molecule has 15 heavy (non-hydrogen) atoms. The van der Waals surface area contributed by atoms with E-state index in [0.29, 0.717) is 0 Å². The molecule has 0 saturated carbocycles. The van der Waals surface area contributed by atoms with Gasteiger partial charge < -0.3 is 0 Å². The zero-order valence-electron chi connectivity index (χ0n) is 10.5. The van der Waals surface area contributed by atoms with Gasteiger partial charge in [0, 0.05) is 5.92 Å². The number of benzene rings is 1. The lowest BCUT2D eigenvalue weighted by atomic mass is 9.83. The van der Waals surface area contributed by atoms with E-state index in [1.165, 1.54) is 22.6 Å². The van der Waals surface area contributed by atoms with Gasteiger partial charge in [-0.1, -0.05) is 57.5 Å². The Kier molecular flexibility index (Phi) is 3.38. The third-order valence-electron chi connectivity index (χ3n) is 2.70. The van der Waals surface area contributed by atoms with Crippen molar-refractivity contribution in [2.75, 3.05) is 0 Å². The van der Waals surface area contributed by atoms with Crippen LogP contribution in [0.4, 0.5) is 0 Å². The highest BCUT2D eigenvalue weighted by Gasteiger charge is 2.15. The molecule has 0 aliphatic rings. The van der Waals surface area contributed by atoms with Crippen molar-refractivity contribution in [1.29, 1.82) is 0 Å². The van der Waals surface area contributed by atoms with Crippen LogP contribution >= 0.6 is 0 Å². The van der Waals surface area contributed by atoms with Crippen LogP contribution in [0.3, 0.4) is 0 Å². The Balaban J connectivity index is 3.22. The Morgan fingerprint density at radius 3 is 2.27 bits per heavy atom. The van der Waals surface area contributed by atoms with Crippen molar-refractivity contribution in [1.82, 2.24) is 0 Å². The molecule has 0 heteroatoms. The fourth-order valence-corrected chi connectivity index (χ4v) is 1.56. The van der Waals surface area contributed by atoms with E-state index >= 15 is 0 Å². The second-order valence-corrected chi connectivity index (χ2v) is 5.22. The normalized spacial score (nSPS) is 11.9. The van der Waals surface area contributed by atoms with Crippen LogP contribution in [0.2, 0.25) is 0 Å². The summed E-state index contributed by atoms with van der Waals surface area (Å²) >= 11 is 0. The van der Waals surface area contributed by atoms with E-state index in [1.54, 1.807) is 0 Å². The van der Waals surface area contributed by atoms with Gasteiger partial charge in [0.15, 0.2) is 0 Å². The predicted molar refractivity (Wildman–Crippen MR) is 68.1 cm³/mol. The summed E-state index contributed by atoms with van der Waals surface area (Å²) in [5, 5.41) is 0. The number of hydrogen-bond donors (Lipinski definition) is 0. The molecule has 1 aromatic rings. The van der Waals surface area contributed by atoms with Gasteiger partial charge in [-0.25, -0.2) is 0 Å². The lowest BCUT2D eigenvalue weighted by Crippen LogP contribution is -2.12. The smallest absolute Gasteiger partial charge is 0.0230 e. The molecule has 1 rings (SSSR count). The van der Waals surface area contributed by atoms with Gasteiger partial charge >= 0.3 is 0 Å². The van der Waals surface area contributed by atoms with E-state index in [1.807, 2.05) is 6.08 Å². The molecule has 0 heterocycles. The van der Waals surface area contributed by atoms with Crippen LogP contribution in [0.5, 0.6) is 0 Å². The summed E-state index contributed by atoms with van der Waals surface area (Å²) in [6, 6.07) is 6.75. The summed E-state index contributed by atoms with van der Waals surface area (Å²) < 4.78 is 0. The van der Waals surface area contributed by atoms with E-state index in [9.17, 15) is 0 Å². The average Bonchev–Trinajstić information content (AvgIpc) is 2.14. The quantitative estimate of drug-likeness (QED) is 0.664. The van der Waals surface area contributed by atoms with E-state index < -0.39 is 0 Å². The summed E-state index contributed by atoms with van der Waals surface area (Å²) in [6.45, 7) is 14.8. The summed E-state index contributed by atoms with van der Waals surface area (Å²) in [7, 11) is 0. The van der Waals surface area contributed by atoms with E-state index in [0.717, 1.165) is 0 Å². The van der Waals surface area contributed by atoms with Gasteiger partial charge in [0.25, 0.3) is 0 Å². The van der Waals surface area contributed by atoms with Crippen molar-refractivity contribution < 1.29 is 0 Å². The first-order chi connectivity index (χ1) is 6.84. The van der Waals surface area contributed by atoms with Crippen molar-refractivity contribution in [2.24, 2.45) is 0 Å². The van der Waals surface area contributed by atoms with Crippen molar-refractivity contribution in [3.8, 4) is 0 Å². The lowest BCUT2D eigenvalue weighted by Gasteiger charge is -2.21. The Bertz CT molecular complexity index is 353. The summed E-state index contributed by atoms with van der Waals surface area (Å²) in [5.41, 5.74) is 4.20. The molecular weight excluding hydrogens is 180 g/mol.